The maximum atomic E-state index is 13.4. The van der Waals surface area contributed by atoms with Crippen molar-refractivity contribution in [1.29, 1.82) is 0 Å². The largest absolute Gasteiger partial charge is 0.392 e. The highest BCUT2D eigenvalue weighted by Gasteiger charge is 2.27. The van der Waals surface area contributed by atoms with Gasteiger partial charge in [-0.3, -0.25) is 4.79 Å². The maximum Gasteiger partial charge on any atom is 0.237 e. The molecule has 0 aromatic heterocycles. The SMILES string of the molecule is COCc1cc(CNC(=O)C2CC(O)CN2)ccc1F.Cl. The number of nitrogens with one attached hydrogen (secondary N) is 2. The van der Waals surface area contributed by atoms with Crippen LogP contribution in [0.25, 0.3) is 0 Å². The van der Waals surface area contributed by atoms with E-state index in [4.69, 9.17) is 4.74 Å². The zero-order valence-electron chi connectivity index (χ0n) is 11.8. The van der Waals surface area contributed by atoms with Gasteiger partial charge >= 0.3 is 0 Å². The normalized spacial score (nSPS) is 20.9. The first-order chi connectivity index (χ1) is 9.60. The molecule has 1 heterocycles. The molecule has 1 aromatic carbocycles. The quantitative estimate of drug-likeness (QED) is 0.748. The molecule has 1 aliphatic heterocycles. The van der Waals surface area contributed by atoms with Crippen molar-refractivity contribution in [2.75, 3.05) is 13.7 Å². The lowest BCUT2D eigenvalue weighted by Gasteiger charge is -2.12. The number of aliphatic hydroxyl groups is 1. The number of hydrogen-bond acceptors (Lipinski definition) is 4. The van der Waals surface area contributed by atoms with Gasteiger partial charge in [-0.1, -0.05) is 6.07 Å². The predicted molar refractivity (Wildman–Crippen MR) is 78.6 cm³/mol. The van der Waals surface area contributed by atoms with Gasteiger partial charge in [0.2, 0.25) is 5.91 Å². The second kappa shape index (κ2) is 8.29. The number of hydrogen-bond donors (Lipinski definition) is 3. The van der Waals surface area contributed by atoms with Gasteiger partial charge in [0.25, 0.3) is 0 Å². The average Bonchev–Trinajstić information content (AvgIpc) is 2.86. The van der Waals surface area contributed by atoms with Crippen LogP contribution in [0.1, 0.15) is 17.5 Å². The zero-order chi connectivity index (χ0) is 14.5. The van der Waals surface area contributed by atoms with Crippen LogP contribution in [0.4, 0.5) is 4.39 Å². The number of amides is 1. The second-order valence-electron chi connectivity index (χ2n) is 4.93. The first-order valence-electron chi connectivity index (χ1n) is 6.55. The van der Waals surface area contributed by atoms with Crippen LogP contribution in [-0.2, 0) is 22.7 Å². The van der Waals surface area contributed by atoms with Crippen molar-refractivity contribution < 1.29 is 19.0 Å². The smallest absolute Gasteiger partial charge is 0.237 e. The molecule has 0 bridgehead atoms. The van der Waals surface area contributed by atoms with Crippen LogP contribution in [0.5, 0.6) is 0 Å². The Labute approximate surface area is 129 Å². The van der Waals surface area contributed by atoms with Crippen LogP contribution < -0.4 is 10.6 Å². The van der Waals surface area contributed by atoms with Gasteiger partial charge in [-0.25, -0.2) is 4.39 Å². The van der Waals surface area contributed by atoms with Crippen molar-refractivity contribution >= 4 is 18.3 Å². The van der Waals surface area contributed by atoms with Crippen molar-refractivity contribution in [2.24, 2.45) is 0 Å². The number of carbonyl (C=O) groups excluding carboxylic acids is 1. The monoisotopic (exact) mass is 318 g/mol. The number of aliphatic hydroxyl groups excluding tert-OH is 1. The minimum absolute atomic E-state index is 0. The molecule has 1 saturated heterocycles. The second-order valence-corrected chi connectivity index (χ2v) is 4.93. The number of methoxy groups -OCH3 is 1. The number of benzene rings is 1. The van der Waals surface area contributed by atoms with Crippen molar-refractivity contribution in [3.8, 4) is 0 Å². The molecular weight excluding hydrogens is 299 g/mol. The van der Waals surface area contributed by atoms with Gasteiger partial charge in [-0.2, -0.15) is 0 Å². The Morgan fingerprint density at radius 1 is 1.57 bits per heavy atom. The van der Waals surface area contributed by atoms with Crippen LogP contribution in [0.2, 0.25) is 0 Å². The summed E-state index contributed by atoms with van der Waals surface area (Å²) in [5.74, 6) is -0.471. The highest BCUT2D eigenvalue weighted by Crippen LogP contribution is 2.12. The molecule has 0 aliphatic carbocycles. The summed E-state index contributed by atoms with van der Waals surface area (Å²) in [7, 11) is 1.50. The number of ether oxygens (including phenoxy) is 1. The minimum Gasteiger partial charge on any atom is -0.392 e. The Balaban J connectivity index is 0.00000220. The van der Waals surface area contributed by atoms with Crippen LogP contribution in [-0.4, -0.2) is 36.8 Å². The Bertz CT molecular complexity index is 487. The van der Waals surface area contributed by atoms with E-state index in [2.05, 4.69) is 10.6 Å². The molecule has 7 heteroatoms. The van der Waals surface area contributed by atoms with Gasteiger partial charge in [0.1, 0.15) is 5.82 Å². The van der Waals surface area contributed by atoms with Crippen molar-refractivity contribution in [1.82, 2.24) is 10.6 Å². The average molecular weight is 319 g/mol. The molecule has 0 radical (unpaired) electrons. The van der Waals surface area contributed by atoms with Gasteiger partial charge in [0.05, 0.1) is 18.8 Å². The summed E-state index contributed by atoms with van der Waals surface area (Å²) in [5.41, 5.74) is 1.28. The zero-order valence-corrected chi connectivity index (χ0v) is 12.6. The third-order valence-electron chi connectivity index (χ3n) is 3.30. The van der Waals surface area contributed by atoms with Crippen LogP contribution in [0, 0.1) is 5.82 Å². The van der Waals surface area contributed by atoms with Gasteiger partial charge in [0, 0.05) is 25.8 Å². The van der Waals surface area contributed by atoms with Gasteiger partial charge in [-0.05, 0) is 24.1 Å². The number of rotatable bonds is 5. The lowest BCUT2D eigenvalue weighted by molar-refractivity contribution is -0.123. The standard InChI is InChI=1S/C14H19FN2O3.ClH/c1-20-8-10-4-9(2-3-12(10)15)6-17-14(19)13-5-11(18)7-16-13;/h2-4,11,13,16,18H,5-8H2,1H3,(H,17,19);1H. The van der Waals surface area contributed by atoms with E-state index < -0.39 is 6.10 Å². The molecule has 1 amide bonds. The van der Waals surface area contributed by atoms with E-state index in [0.29, 0.717) is 25.1 Å². The molecule has 1 aromatic rings. The fraction of sp³-hybridized carbons (Fsp3) is 0.500. The highest BCUT2D eigenvalue weighted by atomic mass is 35.5. The van der Waals surface area contributed by atoms with Crippen molar-refractivity contribution in [2.45, 2.75) is 31.7 Å². The van der Waals surface area contributed by atoms with E-state index in [1.807, 2.05) is 0 Å². The van der Waals surface area contributed by atoms with Crippen molar-refractivity contribution in [3.63, 3.8) is 0 Å². The van der Waals surface area contributed by atoms with Crippen LogP contribution >= 0.6 is 12.4 Å². The summed E-state index contributed by atoms with van der Waals surface area (Å²) in [4.78, 5) is 11.9. The molecule has 118 valence electrons. The molecule has 1 aliphatic rings. The first kappa shape index (κ1) is 17.8. The van der Waals surface area contributed by atoms with E-state index in [1.54, 1.807) is 12.1 Å². The minimum atomic E-state index is -0.468. The lowest BCUT2D eigenvalue weighted by Crippen LogP contribution is -2.40. The Morgan fingerprint density at radius 3 is 2.95 bits per heavy atom. The fourth-order valence-electron chi connectivity index (χ4n) is 2.23. The number of β-amino-alcohol motifs (C(OH)–C–C–N with tert-alkyl or cyclic N) is 1. The third-order valence-corrected chi connectivity index (χ3v) is 3.30. The molecule has 5 nitrogen and oxygen atoms in total. The summed E-state index contributed by atoms with van der Waals surface area (Å²) in [6, 6.07) is 4.32. The van der Waals surface area contributed by atoms with Crippen LogP contribution in [0.15, 0.2) is 18.2 Å². The predicted octanol–water partition coefficient (Wildman–Crippen LogP) is 0.733. The Morgan fingerprint density at radius 2 is 2.33 bits per heavy atom. The lowest BCUT2D eigenvalue weighted by atomic mass is 10.1. The molecule has 21 heavy (non-hydrogen) atoms. The third kappa shape index (κ3) is 4.93. The summed E-state index contributed by atoms with van der Waals surface area (Å²) in [6.07, 6.45) is -0.0469. The molecule has 0 saturated carbocycles. The van der Waals surface area contributed by atoms with E-state index in [-0.39, 0.29) is 36.8 Å². The molecule has 2 rings (SSSR count). The van der Waals surface area contributed by atoms with E-state index >= 15 is 0 Å². The topological polar surface area (TPSA) is 70.6 Å². The fourth-order valence-corrected chi connectivity index (χ4v) is 2.23. The summed E-state index contributed by atoms with van der Waals surface area (Å²) < 4.78 is 18.4. The summed E-state index contributed by atoms with van der Waals surface area (Å²) in [6.45, 7) is 0.959. The maximum absolute atomic E-state index is 13.4. The molecule has 1 fully saturated rings. The summed E-state index contributed by atoms with van der Waals surface area (Å²) in [5, 5.41) is 15.1. The van der Waals surface area contributed by atoms with E-state index in [9.17, 15) is 14.3 Å². The van der Waals surface area contributed by atoms with Crippen molar-refractivity contribution in [3.05, 3.63) is 35.1 Å². The van der Waals surface area contributed by atoms with E-state index in [1.165, 1.54) is 13.2 Å². The summed E-state index contributed by atoms with van der Waals surface area (Å²) >= 11 is 0. The Kier molecular flexibility index (Phi) is 7.04. The van der Waals surface area contributed by atoms with Gasteiger partial charge in [-0.15, -0.1) is 12.4 Å². The molecular formula is C14H20ClFN2O3. The van der Waals surface area contributed by atoms with Crippen LogP contribution in [0.3, 0.4) is 0 Å². The Hall–Kier alpha value is -1.21. The van der Waals surface area contributed by atoms with Gasteiger partial charge in [0.15, 0.2) is 0 Å². The number of carbonyl (C=O) groups is 1. The highest BCUT2D eigenvalue weighted by molar-refractivity contribution is 5.85. The number of halogens is 2. The first-order valence-corrected chi connectivity index (χ1v) is 6.55. The molecule has 0 spiro atoms. The van der Waals surface area contributed by atoms with E-state index in [0.717, 1.165) is 5.56 Å². The molecule has 2 unspecified atom stereocenters. The molecule has 2 atom stereocenters. The molecule has 3 N–H and O–H groups in total. The van der Waals surface area contributed by atoms with Gasteiger partial charge < -0.3 is 20.5 Å².